The van der Waals surface area contributed by atoms with Crippen molar-refractivity contribution in [1.29, 1.82) is 0 Å². The van der Waals surface area contributed by atoms with Crippen LogP contribution in [0.2, 0.25) is 0 Å². The summed E-state index contributed by atoms with van der Waals surface area (Å²) in [5, 5.41) is 3.20. The fraction of sp³-hybridized carbons (Fsp3) is 0.240. The molecule has 0 spiro atoms. The minimum absolute atomic E-state index is 0.00695. The van der Waals surface area contributed by atoms with E-state index in [1.807, 2.05) is 54.6 Å². The minimum Gasteiger partial charge on any atom is -0.497 e. The number of methoxy groups -OCH3 is 1. The lowest BCUT2D eigenvalue weighted by Gasteiger charge is -2.34. The van der Waals surface area contributed by atoms with Crippen LogP contribution in [0.4, 0.5) is 5.69 Å². The number of carbonyl (C=O) groups is 1. The Kier molecular flexibility index (Phi) is 5.80. The van der Waals surface area contributed by atoms with Crippen LogP contribution in [-0.2, 0) is 0 Å². The Morgan fingerprint density at radius 1 is 0.862 bits per heavy atom. The van der Waals surface area contributed by atoms with E-state index in [1.165, 1.54) is 5.69 Å². The van der Waals surface area contributed by atoms with Gasteiger partial charge in [0.15, 0.2) is 0 Å². The van der Waals surface area contributed by atoms with E-state index >= 15 is 0 Å². The van der Waals surface area contributed by atoms with Gasteiger partial charge in [0, 0.05) is 30.4 Å². The molecule has 1 fully saturated rings. The van der Waals surface area contributed by atoms with Crippen molar-refractivity contribution in [1.82, 2.24) is 5.32 Å². The van der Waals surface area contributed by atoms with Gasteiger partial charge in [0.2, 0.25) is 0 Å². The first kappa shape index (κ1) is 19.1. The maximum absolute atomic E-state index is 12.6. The molecule has 0 radical (unpaired) electrons. The van der Waals surface area contributed by atoms with E-state index in [1.54, 1.807) is 7.11 Å². The van der Waals surface area contributed by atoms with Crippen LogP contribution in [-0.4, -0.2) is 32.1 Å². The number of nitrogens with one attached hydrogen (secondary N) is 1. The Bertz CT molecular complexity index is 929. The number of anilines is 1. The van der Waals surface area contributed by atoms with Crippen molar-refractivity contribution in [2.24, 2.45) is 0 Å². The number of ether oxygens (including phenoxy) is 1. The second-order valence-corrected chi connectivity index (χ2v) is 7.38. The Morgan fingerprint density at radius 2 is 1.48 bits per heavy atom. The van der Waals surface area contributed by atoms with E-state index in [4.69, 9.17) is 4.74 Å². The van der Waals surface area contributed by atoms with E-state index in [-0.39, 0.29) is 11.9 Å². The largest absolute Gasteiger partial charge is 0.497 e. The van der Waals surface area contributed by atoms with Gasteiger partial charge >= 0.3 is 0 Å². The number of nitrogens with zero attached hydrogens (tertiary/aromatic N) is 1. The van der Waals surface area contributed by atoms with Crippen molar-refractivity contribution in [2.75, 3.05) is 25.1 Å². The van der Waals surface area contributed by atoms with E-state index in [9.17, 15) is 4.79 Å². The van der Waals surface area contributed by atoms with E-state index < -0.39 is 0 Å². The topological polar surface area (TPSA) is 41.6 Å². The van der Waals surface area contributed by atoms with Gasteiger partial charge in [-0.05, 0) is 60.4 Å². The predicted octanol–water partition coefficient (Wildman–Crippen LogP) is 4.76. The summed E-state index contributed by atoms with van der Waals surface area (Å²) in [4.78, 5) is 15.0. The Labute approximate surface area is 172 Å². The molecule has 148 valence electrons. The van der Waals surface area contributed by atoms with Crippen molar-refractivity contribution >= 4 is 11.6 Å². The molecule has 0 unspecified atom stereocenters. The van der Waals surface area contributed by atoms with Crippen LogP contribution in [0.1, 0.15) is 23.2 Å². The van der Waals surface area contributed by atoms with Crippen LogP contribution in [0, 0.1) is 0 Å². The molecule has 0 aromatic heterocycles. The van der Waals surface area contributed by atoms with Gasteiger partial charge in [0.05, 0.1) is 7.11 Å². The zero-order valence-corrected chi connectivity index (χ0v) is 16.7. The fourth-order valence-corrected chi connectivity index (χ4v) is 3.79. The highest BCUT2D eigenvalue weighted by molar-refractivity contribution is 5.94. The third-order valence-corrected chi connectivity index (χ3v) is 5.52. The molecule has 1 N–H and O–H groups in total. The van der Waals surface area contributed by atoms with Crippen molar-refractivity contribution in [3.63, 3.8) is 0 Å². The monoisotopic (exact) mass is 386 g/mol. The molecule has 1 saturated heterocycles. The quantitative estimate of drug-likeness (QED) is 0.687. The minimum atomic E-state index is 0.00695. The number of hydrogen-bond donors (Lipinski definition) is 1. The molecule has 3 aromatic carbocycles. The number of piperidine rings is 1. The molecule has 1 aliphatic heterocycles. The molecule has 3 aromatic rings. The lowest BCUT2D eigenvalue weighted by atomic mass is 10.0. The summed E-state index contributed by atoms with van der Waals surface area (Å²) in [6.07, 6.45) is 1.89. The van der Waals surface area contributed by atoms with Crippen molar-refractivity contribution in [2.45, 2.75) is 18.9 Å². The first-order chi connectivity index (χ1) is 14.2. The summed E-state index contributed by atoms with van der Waals surface area (Å²) in [5.41, 5.74) is 4.19. The molecule has 1 aliphatic rings. The normalized spacial score (nSPS) is 14.4. The summed E-state index contributed by atoms with van der Waals surface area (Å²) in [7, 11) is 1.68. The molecule has 4 rings (SSSR count). The standard InChI is InChI=1S/C25H26N2O2/c1-29-24-13-11-23(12-14-24)27-17-15-22(16-18-27)26-25(28)21-9-7-20(8-10-21)19-5-3-2-4-6-19/h2-14,22H,15-18H2,1H3,(H,26,28). The van der Waals surface area contributed by atoms with Crippen LogP contribution in [0.25, 0.3) is 11.1 Å². The lowest BCUT2D eigenvalue weighted by molar-refractivity contribution is 0.0931. The number of hydrogen-bond acceptors (Lipinski definition) is 3. The maximum Gasteiger partial charge on any atom is 0.251 e. The number of carbonyl (C=O) groups excluding carboxylic acids is 1. The lowest BCUT2D eigenvalue weighted by Crippen LogP contribution is -2.44. The summed E-state index contributed by atoms with van der Waals surface area (Å²) in [6.45, 7) is 1.87. The first-order valence-electron chi connectivity index (χ1n) is 10.1. The highest BCUT2D eigenvalue weighted by atomic mass is 16.5. The average molecular weight is 386 g/mol. The Hall–Kier alpha value is -3.27. The number of rotatable bonds is 5. The summed E-state index contributed by atoms with van der Waals surface area (Å²) in [5.74, 6) is 0.877. The third kappa shape index (κ3) is 4.60. The van der Waals surface area contributed by atoms with Gasteiger partial charge in [-0.3, -0.25) is 4.79 Å². The Morgan fingerprint density at radius 3 is 2.10 bits per heavy atom. The molecule has 0 bridgehead atoms. The van der Waals surface area contributed by atoms with E-state index in [0.717, 1.165) is 42.8 Å². The van der Waals surface area contributed by atoms with Crippen molar-refractivity contribution in [3.8, 4) is 16.9 Å². The molecule has 0 saturated carbocycles. The second-order valence-electron chi connectivity index (χ2n) is 7.38. The van der Waals surface area contributed by atoms with Crippen molar-refractivity contribution in [3.05, 3.63) is 84.4 Å². The van der Waals surface area contributed by atoms with Crippen molar-refractivity contribution < 1.29 is 9.53 Å². The molecule has 4 heteroatoms. The molecular weight excluding hydrogens is 360 g/mol. The summed E-state index contributed by atoms with van der Waals surface area (Å²) < 4.78 is 5.23. The second kappa shape index (κ2) is 8.82. The summed E-state index contributed by atoms with van der Waals surface area (Å²) >= 11 is 0. The van der Waals surface area contributed by atoms with E-state index in [2.05, 4.69) is 34.5 Å². The molecule has 0 aliphatic carbocycles. The molecular formula is C25H26N2O2. The van der Waals surface area contributed by atoms with Crippen LogP contribution in [0.15, 0.2) is 78.9 Å². The van der Waals surface area contributed by atoms with Crippen LogP contribution < -0.4 is 15.0 Å². The Balaban J connectivity index is 1.31. The highest BCUT2D eigenvalue weighted by Gasteiger charge is 2.21. The molecule has 1 amide bonds. The zero-order valence-electron chi connectivity index (χ0n) is 16.7. The van der Waals surface area contributed by atoms with Gasteiger partial charge in [-0.25, -0.2) is 0 Å². The van der Waals surface area contributed by atoms with Crippen LogP contribution in [0.3, 0.4) is 0 Å². The van der Waals surface area contributed by atoms with Crippen LogP contribution >= 0.6 is 0 Å². The van der Waals surface area contributed by atoms with Crippen LogP contribution in [0.5, 0.6) is 5.75 Å². The maximum atomic E-state index is 12.6. The fourth-order valence-electron chi connectivity index (χ4n) is 3.79. The van der Waals surface area contributed by atoms with Gasteiger partial charge in [-0.1, -0.05) is 42.5 Å². The summed E-state index contributed by atoms with van der Waals surface area (Å²) in [6, 6.07) is 26.4. The highest BCUT2D eigenvalue weighted by Crippen LogP contribution is 2.23. The number of benzene rings is 3. The predicted molar refractivity (Wildman–Crippen MR) is 118 cm³/mol. The molecule has 4 nitrogen and oxygen atoms in total. The molecule has 29 heavy (non-hydrogen) atoms. The smallest absolute Gasteiger partial charge is 0.251 e. The van der Waals surface area contributed by atoms with Gasteiger partial charge < -0.3 is 15.0 Å². The molecule has 0 atom stereocenters. The van der Waals surface area contributed by atoms with E-state index in [0.29, 0.717) is 5.56 Å². The SMILES string of the molecule is COc1ccc(N2CCC(NC(=O)c3ccc(-c4ccccc4)cc3)CC2)cc1. The van der Waals surface area contributed by atoms with Gasteiger partial charge in [-0.2, -0.15) is 0 Å². The van der Waals surface area contributed by atoms with Gasteiger partial charge in [0.25, 0.3) is 5.91 Å². The third-order valence-electron chi connectivity index (χ3n) is 5.52. The van der Waals surface area contributed by atoms with Gasteiger partial charge in [-0.15, -0.1) is 0 Å². The van der Waals surface area contributed by atoms with Gasteiger partial charge in [0.1, 0.15) is 5.75 Å². The zero-order chi connectivity index (χ0) is 20.1. The molecule has 1 heterocycles. The average Bonchev–Trinajstić information content (AvgIpc) is 2.80. The first-order valence-corrected chi connectivity index (χ1v) is 10.1. The number of amides is 1.